The van der Waals surface area contributed by atoms with Crippen LogP contribution in [0, 0.1) is 11.8 Å². The molecule has 0 aliphatic carbocycles. The van der Waals surface area contributed by atoms with Crippen molar-refractivity contribution < 1.29 is 57.0 Å². The zero-order valence-corrected chi connectivity index (χ0v) is 36.7. The van der Waals surface area contributed by atoms with Crippen LogP contribution in [-0.4, -0.2) is 122 Å². The van der Waals surface area contributed by atoms with Gasteiger partial charge in [-0.15, -0.1) is 0 Å². The molecule has 20 heteroatoms. The Morgan fingerprint density at radius 2 is 1.52 bits per heavy atom. The van der Waals surface area contributed by atoms with Gasteiger partial charge in [0.25, 0.3) is 11.8 Å². The van der Waals surface area contributed by atoms with E-state index in [4.69, 9.17) is 4.74 Å². The normalized spacial score (nSPS) is 17.8. The van der Waals surface area contributed by atoms with Crippen LogP contribution in [0.15, 0.2) is 73.2 Å². The van der Waals surface area contributed by atoms with Gasteiger partial charge in [0.1, 0.15) is 29.9 Å². The molecule has 2 aliphatic heterocycles. The molecule has 0 spiro atoms. The molecule has 3 heterocycles. The number of rotatable bonds is 18. The molecule has 5 N–H and O–H groups in total. The number of hydrogen-bond donors (Lipinski definition) is 5. The van der Waals surface area contributed by atoms with Gasteiger partial charge in [-0.1, -0.05) is 95.6 Å². The molecule has 3 aromatic rings. The number of aliphatic carboxylic acids is 1. The summed E-state index contributed by atoms with van der Waals surface area (Å²) in [6.45, 7) is 8.31. The highest BCUT2D eigenvalue weighted by Crippen LogP contribution is 2.28. The van der Waals surface area contributed by atoms with Gasteiger partial charge >= 0.3 is 18.0 Å². The van der Waals surface area contributed by atoms with Crippen molar-refractivity contribution in [3.05, 3.63) is 95.6 Å². The number of carbonyl (C=O) groups excluding carboxylic acids is 7. The second-order valence-corrected chi connectivity index (χ2v) is 16.6. The minimum absolute atomic E-state index is 0.0382. The van der Waals surface area contributed by atoms with E-state index < -0.39 is 101 Å². The Kier molecular flexibility index (Phi) is 16.4. The van der Waals surface area contributed by atoms with E-state index in [0.717, 1.165) is 16.0 Å². The maximum absolute atomic E-state index is 15.7. The molecule has 0 saturated carbocycles. The first-order valence-electron chi connectivity index (χ1n) is 21.3. The fourth-order valence-corrected chi connectivity index (χ4v) is 7.66. The summed E-state index contributed by atoms with van der Waals surface area (Å²) in [5, 5.41) is 19.0. The van der Waals surface area contributed by atoms with Crippen molar-refractivity contribution in [2.45, 2.75) is 109 Å². The Balaban J connectivity index is 1.38. The number of Topliss-reactive ketones (excluding diaryl/α,β-unsaturated/α-hetero) is 1. The van der Waals surface area contributed by atoms with Crippen molar-refractivity contribution in [2.24, 2.45) is 11.8 Å². The number of ketones is 1. The van der Waals surface area contributed by atoms with Crippen LogP contribution in [0.3, 0.4) is 0 Å². The van der Waals surface area contributed by atoms with Crippen LogP contribution in [0.4, 0.5) is 13.6 Å². The van der Waals surface area contributed by atoms with E-state index in [1.807, 2.05) is 24.3 Å². The van der Waals surface area contributed by atoms with Crippen LogP contribution >= 0.6 is 0 Å². The van der Waals surface area contributed by atoms with Crippen molar-refractivity contribution in [3.63, 3.8) is 0 Å². The fraction of sp³-hybridized carbons (Fsp3) is 0.467. The third kappa shape index (κ3) is 12.0. The smallest absolute Gasteiger partial charge is 0.410 e. The zero-order chi connectivity index (χ0) is 47.6. The number of amides is 6. The van der Waals surface area contributed by atoms with Crippen molar-refractivity contribution in [2.75, 3.05) is 13.1 Å². The van der Waals surface area contributed by atoms with Gasteiger partial charge in [0.15, 0.2) is 6.04 Å². The van der Waals surface area contributed by atoms with E-state index in [9.17, 15) is 43.5 Å². The van der Waals surface area contributed by atoms with E-state index in [1.165, 1.54) is 54.7 Å². The molecule has 0 radical (unpaired) electrons. The third-order valence-electron chi connectivity index (χ3n) is 11.2. The first-order chi connectivity index (χ1) is 30.8. The number of benzene rings is 2. The number of hydrogen-bond acceptors (Lipinski definition) is 11. The molecular weight excluding hydrogens is 851 g/mol. The molecule has 6 atom stereocenters. The summed E-state index contributed by atoms with van der Waals surface area (Å²) in [4.78, 5) is 118. The maximum Gasteiger partial charge on any atom is 0.410 e. The summed E-state index contributed by atoms with van der Waals surface area (Å²) in [6, 6.07) is 6.60. The van der Waals surface area contributed by atoms with Gasteiger partial charge < -0.3 is 40.9 Å². The highest BCUT2D eigenvalue weighted by Gasteiger charge is 2.52. The summed E-state index contributed by atoms with van der Waals surface area (Å²) in [6.07, 6.45) is 1.94. The lowest BCUT2D eigenvalue weighted by atomic mass is 9.98. The van der Waals surface area contributed by atoms with Crippen LogP contribution in [0.5, 0.6) is 0 Å². The van der Waals surface area contributed by atoms with Gasteiger partial charge in [0.05, 0.1) is 18.8 Å². The molecule has 1 fully saturated rings. The predicted octanol–water partition coefficient (Wildman–Crippen LogP) is 2.97. The summed E-state index contributed by atoms with van der Waals surface area (Å²) < 4.78 is 37.3. The van der Waals surface area contributed by atoms with E-state index in [2.05, 4.69) is 25.9 Å². The number of halogens is 2. The molecule has 18 nitrogen and oxygen atoms in total. The minimum Gasteiger partial charge on any atom is -0.479 e. The van der Waals surface area contributed by atoms with Crippen molar-refractivity contribution in [1.29, 1.82) is 0 Å². The number of aromatic nitrogens is 2. The lowest BCUT2D eigenvalue weighted by molar-refractivity contribution is -0.162. The van der Waals surface area contributed by atoms with Crippen molar-refractivity contribution >= 4 is 47.4 Å². The molecule has 1 saturated heterocycles. The quantitative estimate of drug-likeness (QED) is 0.116. The SMILES string of the molecule is CCC[C@H](NC(=O)[C@@H]1C[C@@H](OC(=O)N2CCc3ccccc3C2)CN1C(=O)[C@@H](NC(=O)[C@@H](NC(=O)c1cnccn1)C(C)C)C(C)C)C(=O)C(F)(F)C(=O)N[C@@H](C(=O)O)c1ccccc1. The molecule has 2 aliphatic rings. The minimum atomic E-state index is -4.83. The molecule has 1 aromatic heterocycles. The number of likely N-dealkylation sites (tertiary alicyclic amines) is 1. The summed E-state index contributed by atoms with van der Waals surface area (Å²) in [5.74, 6) is -15.2. The summed E-state index contributed by atoms with van der Waals surface area (Å²) >= 11 is 0. The number of nitrogens with zero attached hydrogens (tertiary/aromatic N) is 4. The van der Waals surface area contributed by atoms with Crippen molar-refractivity contribution in [1.82, 2.24) is 41.0 Å². The lowest BCUT2D eigenvalue weighted by Crippen LogP contribution is -2.60. The maximum atomic E-state index is 15.7. The average Bonchev–Trinajstić information content (AvgIpc) is 3.72. The molecule has 6 amide bonds. The van der Waals surface area contributed by atoms with E-state index >= 15 is 8.78 Å². The number of nitrogens with one attached hydrogen (secondary N) is 4. The van der Waals surface area contributed by atoms with Gasteiger partial charge in [0, 0.05) is 31.9 Å². The molecule has 65 heavy (non-hydrogen) atoms. The number of carbonyl (C=O) groups is 8. The van der Waals surface area contributed by atoms with Gasteiger partial charge in [-0.2, -0.15) is 8.78 Å². The van der Waals surface area contributed by atoms with Crippen LogP contribution in [0.1, 0.15) is 87.1 Å². The number of ether oxygens (including phenoxy) is 1. The van der Waals surface area contributed by atoms with E-state index in [1.54, 1.807) is 39.1 Å². The van der Waals surface area contributed by atoms with Crippen LogP contribution in [-0.2, 0) is 46.5 Å². The average molecular weight is 905 g/mol. The number of fused-ring (bicyclic) bond motifs is 1. The first kappa shape index (κ1) is 49.2. The molecule has 0 unspecified atom stereocenters. The fourth-order valence-electron chi connectivity index (χ4n) is 7.66. The molecule has 348 valence electrons. The van der Waals surface area contributed by atoms with Gasteiger partial charge in [-0.05, 0) is 41.4 Å². The Morgan fingerprint density at radius 1 is 0.862 bits per heavy atom. The summed E-state index contributed by atoms with van der Waals surface area (Å²) in [5.41, 5.74) is 1.88. The van der Waals surface area contributed by atoms with Crippen LogP contribution < -0.4 is 21.3 Å². The van der Waals surface area contributed by atoms with Crippen LogP contribution in [0.25, 0.3) is 0 Å². The molecule has 2 aromatic carbocycles. The predicted molar refractivity (Wildman–Crippen MR) is 228 cm³/mol. The van der Waals surface area contributed by atoms with Gasteiger partial charge in [0.2, 0.25) is 23.5 Å². The zero-order valence-electron chi connectivity index (χ0n) is 36.7. The molecule has 5 rings (SSSR count). The third-order valence-corrected chi connectivity index (χ3v) is 11.2. The Hall–Kier alpha value is -6.86. The lowest BCUT2D eigenvalue weighted by Gasteiger charge is -2.32. The molecular formula is C45H54F2N8O10. The first-order valence-corrected chi connectivity index (χ1v) is 21.3. The van der Waals surface area contributed by atoms with Crippen LogP contribution in [0.2, 0.25) is 0 Å². The largest absolute Gasteiger partial charge is 0.479 e. The topological polar surface area (TPSA) is 246 Å². The van der Waals surface area contributed by atoms with E-state index in [-0.39, 0.29) is 43.6 Å². The standard InChI is InChI=1S/C45H54F2N8O10/c1-6-12-31(37(56)45(46,47)43(63)53-36(42(61)62)28-14-8-7-9-15-28)50-39(58)33-21-30(65-44(64)54-20-17-27-13-10-11-16-29(27)23-54)24-55(33)41(60)35(26(4)5)52-40(59)34(25(2)3)51-38(57)32-22-48-18-19-49-32/h7-11,13-16,18-19,22,25-26,30-31,33-36H,6,12,17,20-21,23-24H2,1-5H3,(H,50,58)(H,51,57)(H,52,59)(H,53,63)(H,61,62)/t30-,31+,33+,34+,35+,36-/m1/s1. The number of carboxylic acid groups (broad SMARTS) is 1. The second kappa shape index (κ2) is 21.7. The Bertz CT molecular complexity index is 2230. The highest BCUT2D eigenvalue weighted by atomic mass is 19.3. The highest BCUT2D eigenvalue weighted by molar-refractivity contribution is 6.11. The van der Waals surface area contributed by atoms with Crippen molar-refractivity contribution in [3.8, 4) is 0 Å². The Morgan fingerprint density at radius 3 is 2.14 bits per heavy atom. The number of alkyl halides is 2. The second-order valence-electron chi connectivity index (χ2n) is 16.6. The van der Waals surface area contributed by atoms with Gasteiger partial charge in [-0.25, -0.2) is 14.6 Å². The molecule has 0 bridgehead atoms. The number of carboxylic acids is 1. The monoisotopic (exact) mass is 904 g/mol. The summed E-state index contributed by atoms with van der Waals surface area (Å²) in [7, 11) is 0. The van der Waals surface area contributed by atoms with Gasteiger partial charge in [-0.3, -0.25) is 33.8 Å². The Labute approximate surface area is 374 Å². The van der Waals surface area contributed by atoms with E-state index in [0.29, 0.717) is 13.0 Å².